The largest absolute Gasteiger partial charge is 0.448 e. The van der Waals surface area contributed by atoms with Gasteiger partial charge in [0, 0.05) is 12.8 Å². The molecular formula is C8H10N2O2. The number of carbonyl (C=O) groups excluding carboxylic acids is 1. The molecule has 0 saturated carbocycles. The van der Waals surface area contributed by atoms with Crippen LogP contribution in [0.1, 0.15) is 22.7 Å². The first-order valence-corrected chi connectivity index (χ1v) is 3.97. The van der Waals surface area contributed by atoms with Crippen molar-refractivity contribution in [2.75, 3.05) is 6.54 Å². The SMILES string of the molecule is NCC1CC(=O)c2ncoc2C1. The Kier molecular flexibility index (Phi) is 1.69. The highest BCUT2D eigenvalue weighted by Gasteiger charge is 2.27. The van der Waals surface area contributed by atoms with Crippen LogP contribution in [-0.4, -0.2) is 17.3 Å². The Balaban J connectivity index is 2.32. The summed E-state index contributed by atoms with van der Waals surface area (Å²) in [5.41, 5.74) is 5.98. The zero-order chi connectivity index (χ0) is 8.55. The van der Waals surface area contributed by atoms with Crippen LogP contribution in [0.4, 0.5) is 0 Å². The van der Waals surface area contributed by atoms with Crippen LogP contribution in [0.15, 0.2) is 10.8 Å². The maximum atomic E-state index is 11.3. The van der Waals surface area contributed by atoms with Gasteiger partial charge in [-0.15, -0.1) is 0 Å². The summed E-state index contributed by atoms with van der Waals surface area (Å²) in [5.74, 6) is 0.986. The van der Waals surface area contributed by atoms with Crippen LogP contribution < -0.4 is 5.73 Å². The molecule has 1 heterocycles. The molecule has 0 aliphatic heterocycles. The molecule has 0 spiro atoms. The molecule has 1 aliphatic carbocycles. The predicted octanol–water partition coefficient (Wildman–Crippen LogP) is 0.378. The highest BCUT2D eigenvalue weighted by atomic mass is 16.3. The fourth-order valence-corrected chi connectivity index (χ4v) is 1.50. The monoisotopic (exact) mass is 166 g/mol. The fraction of sp³-hybridized carbons (Fsp3) is 0.500. The maximum Gasteiger partial charge on any atom is 0.185 e. The second-order valence-corrected chi connectivity index (χ2v) is 3.06. The van der Waals surface area contributed by atoms with E-state index in [1.54, 1.807) is 0 Å². The smallest absolute Gasteiger partial charge is 0.185 e. The summed E-state index contributed by atoms with van der Waals surface area (Å²) in [4.78, 5) is 15.2. The van der Waals surface area contributed by atoms with Gasteiger partial charge in [-0.3, -0.25) is 4.79 Å². The molecule has 4 nitrogen and oxygen atoms in total. The first-order chi connectivity index (χ1) is 5.81. The number of Topliss-reactive ketones (excluding diaryl/α,β-unsaturated/α-hetero) is 1. The Morgan fingerprint density at radius 1 is 1.67 bits per heavy atom. The Hall–Kier alpha value is -1.16. The minimum atomic E-state index is 0.0560. The van der Waals surface area contributed by atoms with Gasteiger partial charge in [-0.2, -0.15) is 0 Å². The number of fused-ring (bicyclic) bond motifs is 1. The van der Waals surface area contributed by atoms with E-state index >= 15 is 0 Å². The van der Waals surface area contributed by atoms with Gasteiger partial charge in [0.25, 0.3) is 0 Å². The lowest BCUT2D eigenvalue weighted by atomic mass is 9.90. The summed E-state index contributed by atoms with van der Waals surface area (Å²) in [5, 5.41) is 0. The van der Waals surface area contributed by atoms with Crippen molar-refractivity contribution in [1.82, 2.24) is 4.98 Å². The van der Waals surface area contributed by atoms with Gasteiger partial charge < -0.3 is 10.2 Å². The summed E-state index contributed by atoms with van der Waals surface area (Å²) in [6, 6.07) is 0. The molecule has 0 amide bonds. The zero-order valence-corrected chi connectivity index (χ0v) is 6.62. The van der Waals surface area contributed by atoms with E-state index in [0.29, 0.717) is 24.4 Å². The van der Waals surface area contributed by atoms with Crippen molar-refractivity contribution in [3.8, 4) is 0 Å². The van der Waals surface area contributed by atoms with E-state index in [0.717, 1.165) is 6.42 Å². The zero-order valence-electron chi connectivity index (χ0n) is 6.62. The Morgan fingerprint density at radius 2 is 2.50 bits per heavy atom. The number of rotatable bonds is 1. The van der Waals surface area contributed by atoms with Crippen molar-refractivity contribution in [2.24, 2.45) is 11.7 Å². The average molecular weight is 166 g/mol. The van der Waals surface area contributed by atoms with Gasteiger partial charge >= 0.3 is 0 Å². The third-order valence-electron chi connectivity index (χ3n) is 2.19. The van der Waals surface area contributed by atoms with Gasteiger partial charge in [0.05, 0.1) is 0 Å². The number of oxazole rings is 1. The van der Waals surface area contributed by atoms with Crippen LogP contribution in [-0.2, 0) is 6.42 Å². The van der Waals surface area contributed by atoms with Crippen LogP contribution in [0.5, 0.6) is 0 Å². The van der Waals surface area contributed by atoms with Gasteiger partial charge in [-0.05, 0) is 12.5 Å². The van der Waals surface area contributed by atoms with Crippen LogP contribution in [0.3, 0.4) is 0 Å². The molecule has 64 valence electrons. The van der Waals surface area contributed by atoms with Crippen LogP contribution in [0.2, 0.25) is 0 Å². The molecule has 2 N–H and O–H groups in total. The first-order valence-electron chi connectivity index (χ1n) is 3.97. The number of carbonyl (C=O) groups is 1. The quantitative estimate of drug-likeness (QED) is 0.654. The molecule has 2 rings (SSSR count). The minimum Gasteiger partial charge on any atom is -0.448 e. The third-order valence-corrected chi connectivity index (χ3v) is 2.19. The second-order valence-electron chi connectivity index (χ2n) is 3.06. The molecule has 1 aliphatic rings. The van der Waals surface area contributed by atoms with Crippen molar-refractivity contribution in [2.45, 2.75) is 12.8 Å². The lowest BCUT2D eigenvalue weighted by Crippen LogP contribution is -2.25. The van der Waals surface area contributed by atoms with E-state index in [1.165, 1.54) is 6.39 Å². The van der Waals surface area contributed by atoms with Crippen LogP contribution in [0, 0.1) is 5.92 Å². The van der Waals surface area contributed by atoms with Crippen molar-refractivity contribution >= 4 is 5.78 Å². The highest BCUT2D eigenvalue weighted by molar-refractivity contribution is 5.96. The second kappa shape index (κ2) is 2.71. The van der Waals surface area contributed by atoms with Gasteiger partial charge in [0.1, 0.15) is 11.5 Å². The van der Waals surface area contributed by atoms with Crippen LogP contribution >= 0.6 is 0 Å². The van der Waals surface area contributed by atoms with Crippen molar-refractivity contribution in [1.29, 1.82) is 0 Å². The molecule has 0 aromatic carbocycles. The number of hydrogen-bond acceptors (Lipinski definition) is 4. The lowest BCUT2D eigenvalue weighted by Gasteiger charge is -2.16. The number of aromatic nitrogens is 1. The van der Waals surface area contributed by atoms with Gasteiger partial charge in [0.2, 0.25) is 0 Å². The molecule has 1 aromatic heterocycles. The van der Waals surface area contributed by atoms with Crippen molar-refractivity contribution < 1.29 is 9.21 Å². The normalized spacial score (nSPS) is 22.4. The number of ketones is 1. The van der Waals surface area contributed by atoms with Crippen molar-refractivity contribution in [3.05, 3.63) is 17.8 Å². The summed E-state index contributed by atoms with van der Waals surface area (Å²) < 4.78 is 5.07. The average Bonchev–Trinajstić information content (AvgIpc) is 2.52. The van der Waals surface area contributed by atoms with Gasteiger partial charge in [-0.1, -0.05) is 0 Å². The van der Waals surface area contributed by atoms with Gasteiger partial charge in [0.15, 0.2) is 12.2 Å². The standard InChI is InChI=1S/C8H10N2O2/c9-3-5-1-6(11)8-7(2-5)12-4-10-8/h4-5H,1-3,9H2. The Labute approximate surface area is 69.8 Å². The lowest BCUT2D eigenvalue weighted by molar-refractivity contribution is 0.0941. The molecule has 0 fully saturated rings. The maximum absolute atomic E-state index is 11.3. The molecular weight excluding hydrogens is 156 g/mol. The minimum absolute atomic E-state index is 0.0560. The molecule has 1 atom stereocenters. The Bertz CT molecular complexity index is 306. The fourth-order valence-electron chi connectivity index (χ4n) is 1.50. The molecule has 0 radical (unpaired) electrons. The summed E-state index contributed by atoms with van der Waals surface area (Å²) in [7, 11) is 0. The molecule has 0 saturated heterocycles. The predicted molar refractivity (Wildman–Crippen MR) is 41.7 cm³/mol. The van der Waals surface area contributed by atoms with E-state index < -0.39 is 0 Å². The summed E-state index contributed by atoms with van der Waals surface area (Å²) in [6.07, 6.45) is 2.58. The third kappa shape index (κ3) is 1.04. The van der Waals surface area contributed by atoms with Gasteiger partial charge in [-0.25, -0.2) is 4.98 Å². The topological polar surface area (TPSA) is 69.1 Å². The number of nitrogens with zero attached hydrogens (tertiary/aromatic N) is 1. The molecule has 1 unspecified atom stereocenters. The first kappa shape index (κ1) is 7.49. The van der Waals surface area contributed by atoms with E-state index in [4.69, 9.17) is 10.2 Å². The van der Waals surface area contributed by atoms with Crippen molar-refractivity contribution in [3.63, 3.8) is 0 Å². The number of nitrogens with two attached hydrogens (primary N) is 1. The number of hydrogen-bond donors (Lipinski definition) is 1. The van der Waals surface area contributed by atoms with E-state index in [9.17, 15) is 4.79 Å². The summed E-state index contributed by atoms with van der Waals surface area (Å²) in [6.45, 7) is 0.534. The molecule has 4 heteroatoms. The molecule has 12 heavy (non-hydrogen) atoms. The van der Waals surface area contributed by atoms with E-state index in [-0.39, 0.29) is 11.7 Å². The van der Waals surface area contributed by atoms with E-state index in [2.05, 4.69) is 4.98 Å². The van der Waals surface area contributed by atoms with Crippen LogP contribution in [0.25, 0.3) is 0 Å². The van der Waals surface area contributed by atoms with E-state index in [1.807, 2.05) is 0 Å². The molecule has 0 bridgehead atoms. The summed E-state index contributed by atoms with van der Waals surface area (Å²) >= 11 is 0. The highest BCUT2D eigenvalue weighted by Crippen LogP contribution is 2.23. The molecule has 1 aromatic rings. The Morgan fingerprint density at radius 3 is 3.25 bits per heavy atom.